The SMILES string of the molecule is N#Cc1ccc(N(CCC(=O)O)C2CC2)cc1[N+](=O)[O-]. The first-order valence-corrected chi connectivity index (χ1v) is 6.20. The van der Waals surface area contributed by atoms with Gasteiger partial charge in [0.15, 0.2) is 0 Å². The predicted molar refractivity (Wildman–Crippen MR) is 70.4 cm³/mol. The number of nitro benzene ring substituents is 1. The van der Waals surface area contributed by atoms with Crippen LogP contribution in [0.1, 0.15) is 24.8 Å². The van der Waals surface area contributed by atoms with Crippen LogP contribution in [0, 0.1) is 21.4 Å². The number of hydrogen-bond acceptors (Lipinski definition) is 5. The second-order valence-corrected chi connectivity index (χ2v) is 4.64. The summed E-state index contributed by atoms with van der Waals surface area (Å²) in [6, 6.07) is 6.40. The first-order chi connectivity index (χ1) is 9.52. The molecule has 0 aliphatic heterocycles. The molecule has 0 spiro atoms. The number of nitrogens with zero attached hydrogens (tertiary/aromatic N) is 3. The van der Waals surface area contributed by atoms with E-state index in [1.165, 1.54) is 12.1 Å². The summed E-state index contributed by atoms with van der Waals surface area (Å²) in [7, 11) is 0. The average molecular weight is 275 g/mol. The van der Waals surface area contributed by atoms with Crippen LogP contribution in [0.2, 0.25) is 0 Å². The maximum Gasteiger partial charge on any atom is 0.305 e. The van der Waals surface area contributed by atoms with Gasteiger partial charge in [0.25, 0.3) is 5.69 Å². The van der Waals surface area contributed by atoms with Crippen LogP contribution >= 0.6 is 0 Å². The average Bonchev–Trinajstić information content (AvgIpc) is 3.23. The zero-order valence-corrected chi connectivity index (χ0v) is 10.7. The highest BCUT2D eigenvalue weighted by Crippen LogP contribution is 2.34. The Morgan fingerprint density at radius 3 is 2.75 bits per heavy atom. The van der Waals surface area contributed by atoms with Crippen molar-refractivity contribution in [2.75, 3.05) is 11.4 Å². The lowest BCUT2D eigenvalue weighted by atomic mass is 10.1. The number of nitriles is 1. The third kappa shape index (κ3) is 3.03. The Bertz CT molecular complexity index is 590. The minimum Gasteiger partial charge on any atom is -0.481 e. The summed E-state index contributed by atoms with van der Waals surface area (Å²) in [5.41, 5.74) is 0.359. The molecule has 1 fully saturated rings. The van der Waals surface area contributed by atoms with Gasteiger partial charge in [-0.2, -0.15) is 5.26 Å². The number of anilines is 1. The molecule has 0 heterocycles. The van der Waals surface area contributed by atoms with Crippen molar-refractivity contribution in [3.05, 3.63) is 33.9 Å². The van der Waals surface area contributed by atoms with Gasteiger partial charge in [-0.1, -0.05) is 0 Å². The van der Waals surface area contributed by atoms with Gasteiger partial charge in [0.05, 0.1) is 11.3 Å². The number of hydrogen-bond donors (Lipinski definition) is 1. The highest BCUT2D eigenvalue weighted by Gasteiger charge is 2.30. The monoisotopic (exact) mass is 275 g/mol. The number of benzene rings is 1. The fourth-order valence-electron chi connectivity index (χ4n) is 2.07. The smallest absolute Gasteiger partial charge is 0.305 e. The van der Waals surface area contributed by atoms with Crippen molar-refractivity contribution >= 4 is 17.3 Å². The number of nitro groups is 1. The second kappa shape index (κ2) is 5.57. The molecule has 1 aromatic rings. The van der Waals surface area contributed by atoms with E-state index in [2.05, 4.69) is 0 Å². The molecule has 1 N–H and O–H groups in total. The molecular formula is C13H13N3O4. The van der Waals surface area contributed by atoms with E-state index in [1.807, 2.05) is 4.90 Å². The van der Waals surface area contributed by atoms with E-state index in [-0.39, 0.29) is 23.7 Å². The molecule has 0 amide bonds. The molecule has 0 atom stereocenters. The second-order valence-electron chi connectivity index (χ2n) is 4.64. The fourth-order valence-corrected chi connectivity index (χ4v) is 2.07. The molecule has 0 saturated heterocycles. The maximum absolute atomic E-state index is 10.9. The Hall–Kier alpha value is -2.62. The lowest BCUT2D eigenvalue weighted by Gasteiger charge is -2.23. The summed E-state index contributed by atoms with van der Waals surface area (Å²) in [6.07, 6.45) is 1.88. The molecule has 0 aromatic heterocycles. The largest absolute Gasteiger partial charge is 0.481 e. The van der Waals surface area contributed by atoms with E-state index in [0.29, 0.717) is 12.2 Å². The van der Waals surface area contributed by atoms with Crippen LogP contribution in [0.4, 0.5) is 11.4 Å². The Morgan fingerprint density at radius 1 is 1.55 bits per heavy atom. The van der Waals surface area contributed by atoms with Gasteiger partial charge in [-0.25, -0.2) is 0 Å². The van der Waals surface area contributed by atoms with E-state index in [1.54, 1.807) is 12.1 Å². The summed E-state index contributed by atoms with van der Waals surface area (Å²) in [4.78, 5) is 22.9. The fraction of sp³-hybridized carbons (Fsp3) is 0.385. The van der Waals surface area contributed by atoms with Crippen LogP contribution < -0.4 is 4.90 Å². The van der Waals surface area contributed by atoms with E-state index in [0.717, 1.165) is 12.8 Å². The van der Waals surface area contributed by atoms with Crippen molar-refractivity contribution in [3.8, 4) is 6.07 Å². The molecule has 2 rings (SSSR count). The molecular weight excluding hydrogens is 262 g/mol. The molecule has 1 aliphatic carbocycles. The van der Waals surface area contributed by atoms with Crippen molar-refractivity contribution in [1.29, 1.82) is 5.26 Å². The molecule has 7 nitrogen and oxygen atoms in total. The molecule has 7 heteroatoms. The lowest BCUT2D eigenvalue weighted by Crippen LogP contribution is -2.28. The number of aliphatic carboxylic acids is 1. The normalized spacial score (nSPS) is 13.6. The van der Waals surface area contributed by atoms with Gasteiger partial charge < -0.3 is 10.0 Å². The van der Waals surface area contributed by atoms with Gasteiger partial charge >= 0.3 is 5.97 Å². The van der Waals surface area contributed by atoms with E-state index in [4.69, 9.17) is 10.4 Å². The molecule has 0 bridgehead atoms. The standard InChI is InChI=1S/C13H13N3O4/c14-8-9-1-2-11(7-12(9)16(19)20)15(10-3-4-10)6-5-13(17)18/h1-2,7,10H,3-6H2,(H,17,18). The van der Waals surface area contributed by atoms with E-state index < -0.39 is 10.9 Å². The molecule has 0 unspecified atom stereocenters. The van der Waals surface area contributed by atoms with E-state index >= 15 is 0 Å². The quantitative estimate of drug-likeness (QED) is 0.627. The van der Waals surface area contributed by atoms with Crippen molar-refractivity contribution in [2.24, 2.45) is 0 Å². The van der Waals surface area contributed by atoms with Crippen molar-refractivity contribution in [1.82, 2.24) is 0 Å². The zero-order valence-electron chi connectivity index (χ0n) is 10.7. The van der Waals surface area contributed by atoms with Crippen molar-refractivity contribution in [2.45, 2.75) is 25.3 Å². The predicted octanol–water partition coefficient (Wildman–Crippen LogP) is 1.91. The maximum atomic E-state index is 10.9. The highest BCUT2D eigenvalue weighted by molar-refractivity contribution is 5.68. The van der Waals surface area contributed by atoms with Crippen LogP contribution in [0.25, 0.3) is 0 Å². The van der Waals surface area contributed by atoms with Crippen LogP contribution in [0.5, 0.6) is 0 Å². The van der Waals surface area contributed by atoms with Gasteiger partial charge in [-0.3, -0.25) is 14.9 Å². The molecule has 1 aromatic carbocycles. The topological polar surface area (TPSA) is 107 Å². The summed E-state index contributed by atoms with van der Waals surface area (Å²) in [5, 5.41) is 28.6. The van der Waals surface area contributed by atoms with Crippen LogP contribution in [-0.4, -0.2) is 28.6 Å². The number of carbonyl (C=O) groups is 1. The summed E-state index contributed by atoms with van der Waals surface area (Å²) >= 11 is 0. The number of carboxylic acid groups (broad SMARTS) is 1. The van der Waals surface area contributed by atoms with Gasteiger partial charge in [0.1, 0.15) is 11.6 Å². The van der Waals surface area contributed by atoms with Crippen LogP contribution in [0.15, 0.2) is 18.2 Å². The van der Waals surface area contributed by atoms with Crippen molar-refractivity contribution < 1.29 is 14.8 Å². The van der Waals surface area contributed by atoms with Crippen LogP contribution in [0.3, 0.4) is 0 Å². The van der Waals surface area contributed by atoms with Crippen molar-refractivity contribution in [3.63, 3.8) is 0 Å². The Balaban J connectivity index is 2.29. The summed E-state index contributed by atoms with van der Waals surface area (Å²) < 4.78 is 0. The minimum absolute atomic E-state index is 0.00716. The first-order valence-electron chi connectivity index (χ1n) is 6.20. The third-order valence-electron chi connectivity index (χ3n) is 3.18. The molecule has 0 radical (unpaired) electrons. The molecule has 1 saturated carbocycles. The molecule has 20 heavy (non-hydrogen) atoms. The van der Waals surface area contributed by atoms with Gasteiger partial charge in [0, 0.05) is 24.3 Å². The summed E-state index contributed by atoms with van der Waals surface area (Å²) in [5.74, 6) is -0.904. The Morgan fingerprint density at radius 2 is 2.25 bits per heavy atom. The van der Waals surface area contributed by atoms with Gasteiger partial charge in [-0.05, 0) is 25.0 Å². The van der Waals surface area contributed by atoms with Crippen LogP contribution in [-0.2, 0) is 4.79 Å². The lowest BCUT2D eigenvalue weighted by molar-refractivity contribution is -0.385. The minimum atomic E-state index is -0.904. The number of carboxylic acids is 1. The van der Waals surface area contributed by atoms with E-state index in [9.17, 15) is 14.9 Å². The highest BCUT2D eigenvalue weighted by atomic mass is 16.6. The zero-order chi connectivity index (χ0) is 14.7. The summed E-state index contributed by atoms with van der Waals surface area (Å²) in [6.45, 7) is 0.309. The molecule has 104 valence electrons. The number of rotatable bonds is 6. The van der Waals surface area contributed by atoms with Gasteiger partial charge in [-0.15, -0.1) is 0 Å². The molecule has 1 aliphatic rings. The third-order valence-corrected chi connectivity index (χ3v) is 3.18. The first kappa shape index (κ1) is 13.8. The Labute approximate surface area is 115 Å². The Kier molecular flexibility index (Phi) is 3.84. The van der Waals surface area contributed by atoms with Gasteiger partial charge in [0.2, 0.25) is 0 Å².